The Bertz CT molecular complexity index is 292. The first-order valence-corrected chi connectivity index (χ1v) is 4.11. The van der Waals surface area contributed by atoms with E-state index in [4.69, 9.17) is 10.00 Å². The van der Waals surface area contributed by atoms with Gasteiger partial charge >= 0.3 is 0 Å². The standard InChI is InChI=1S/C7H8N2O2S/c1-11-7-4-6(12-9-7)5(10)2-3-8/h4-5,10H,2H2,1H3. The average Bonchev–Trinajstić information content (AvgIpc) is 2.52. The molecule has 0 aliphatic carbocycles. The predicted molar refractivity (Wildman–Crippen MR) is 43.9 cm³/mol. The largest absolute Gasteiger partial charge is 0.480 e. The molecule has 12 heavy (non-hydrogen) atoms. The lowest BCUT2D eigenvalue weighted by atomic mass is 10.2. The first-order valence-electron chi connectivity index (χ1n) is 3.33. The van der Waals surface area contributed by atoms with Gasteiger partial charge < -0.3 is 9.84 Å². The second kappa shape index (κ2) is 4.04. The van der Waals surface area contributed by atoms with E-state index in [1.807, 2.05) is 6.07 Å². The van der Waals surface area contributed by atoms with Crippen molar-refractivity contribution in [1.82, 2.24) is 4.37 Å². The molecule has 0 aliphatic heterocycles. The van der Waals surface area contributed by atoms with E-state index in [2.05, 4.69) is 4.37 Å². The Morgan fingerprint density at radius 2 is 2.67 bits per heavy atom. The first-order chi connectivity index (χ1) is 5.77. The maximum absolute atomic E-state index is 9.32. The fourth-order valence-electron chi connectivity index (χ4n) is 0.712. The molecule has 0 aromatic carbocycles. The molecular formula is C7H8N2O2S. The Morgan fingerprint density at radius 3 is 3.17 bits per heavy atom. The molecule has 64 valence electrons. The molecule has 0 saturated heterocycles. The third-order valence-electron chi connectivity index (χ3n) is 1.33. The van der Waals surface area contributed by atoms with E-state index in [9.17, 15) is 5.11 Å². The lowest BCUT2D eigenvalue weighted by molar-refractivity contribution is 0.187. The van der Waals surface area contributed by atoms with Gasteiger partial charge in [0.15, 0.2) is 0 Å². The van der Waals surface area contributed by atoms with Crippen LogP contribution >= 0.6 is 11.5 Å². The summed E-state index contributed by atoms with van der Waals surface area (Å²) in [6.45, 7) is 0. The molecule has 1 atom stereocenters. The van der Waals surface area contributed by atoms with Crippen LogP contribution < -0.4 is 4.74 Å². The van der Waals surface area contributed by atoms with Crippen molar-refractivity contribution in [1.29, 1.82) is 5.26 Å². The zero-order valence-electron chi connectivity index (χ0n) is 6.52. The highest BCUT2D eigenvalue weighted by Gasteiger charge is 2.10. The molecule has 4 nitrogen and oxygen atoms in total. The van der Waals surface area contributed by atoms with E-state index in [1.54, 1.807) is 6.07 Å². The molecule has 0 bridgehead atoms. The fourth-order valence-corrected chi connectivity index (χ4v) is 1.39. The third kappa shape index (κ3) is 1.94. The van der Waals surface area contributed by atoms with Crippen molar-refractivity contribution >= 4 is 11.5 Å². The minimum Gasteiger partial charge on any atom is -0.480 e. The summed E-state index contributed by atoms with van der Waals surface area (Å²) < 4.78 is 8.72. The number of aliphatic hydroxyl groups is 1. The van der Waals surface area contributed by atoms with Crippen molar-refractivity contribution in [2.24, 2.45) is 0 Å². The first kappa shape index (κ1) is 8.97. The summed E-state index contributed by atoms with van der Waals surface area (Å²) in [5, 5.41) is 17.6. The molecular weight excluding hydrogens is 176 g/mol. The van der Waals surface area contributed by atoms with Gasteiger partial charge in [0.25, 0.3) is 0 Å². The molecule has 0 fully saturated rings. The molecule has 1 heterocycles. The van der Waals surface area contributed by atoms with E-state index in [-0.39, 0.29) is 6.42 Å². The van der Waals surface area contributed by atoms with E-state index in [0.29, 0.717) is 10.8 Å². The Labute approximate surface area is 74.2 Å². The van der Waals surface area contributed by atoms with Crippen molar-refractivity contribution in [3.63, 3.8) is 0 Å². The summed E-state index contributed by atoms with van der Waals surface area (Å²) in [6, 6.07) is 3.51. The van der Waals surface area contributed by atoms with Crippen LogP contribution in [0.4, 0.5) is 0 Å². The smallest absolute Gasteiger partial charge is 0.225 e. The summed E-state index contributed by atoms with van der Waals surface area (Å²) in [7, 11) is 1.51. The predicted octanol–water partition coefficient (Wildman–Crippen LogP) is 1.10. The Kier molecular flexibility index (Phi) is 3.02. The third-order valence-corrected chi connectivity index (χ3v) is 2.20. The summed E-state index contributed by atoms with van der Waals surface area (Å²) in [5.74, 6) is 0.479. The summed E-state index contributed by atoms with van der Waals surface area (Å²) in [6.07, 6.45) is -0.651. The van der Waals surface area contributed by atoms with Gasteiger partial charge in [-0.1, -0.05) is 0 Å². The van der Waals surface area contributed by atoms with E-state index < -0.39 is 6.10 Å². The summed E-state index contributed by atoms with van der Waals surface area (Å²) in [4.78, 5) is 0.661. The van der Waals surface area contributed by atoms with Crippen molar-refractivity contribution in [2.75, 3.05) is 7.11 Å². The van der Waals surface area contributed by atoms with Gasteiger partial charge in [0.05, 0.1) is 24.5 Å². The Morgan fingerprint density at radius 1 is 1.92 bits per heavy atom. The highest BCUT2D eigenvalue weighted by molar-refractivity contribution is 7.06. The van der Waals surface area contributed by atoms with Gasteiger partial charge in [0, 0.05) is 6.07 Å². The van der Waals surface area contributed by atoms with Crippen LogP contribution in [0.15, 0.2) is 6.07 Å². The van der Waals surface area contributed by atoms with Crippen LogP contribution in [0.2, 0.25) is 0 Å². The number of nitriles is 1. The summed E-state index contributed by atoms with van der Waals surface area (Å²) in [5.41, 5.74) is 0. The fraction of sp³-hybridized carbons (Fsp3) is 0.429. The number of nitrogens with zero attached hydrogens (tertiary/aromatic N) is 2. The van der Waals surface area contributed by atoms with Gasteiger partial charge in [-0.2, -0.15) is 9.64 Å². The number of ether oxygens (including phenoxy) is 1. The molecule has 1 aromatic rings. The normalized spacial score (nSPS) is 12.1. The number of aromatic nitrogens is 1. The number of hydrogen-bond acceptors (Lipinski definition) is 5. The SMILES string of the molecule is COc1cc(C(O)CC#N)sn1. The highest BCUT2D eigenvalue weighted by Crippen LogP contribution is 2.24. The lowest BCUT2D eigenvalue weighted by Crippen LogP contribution is -1.91. The van der Waals surface area contributed by atoms with Crippen LogP contribution in [0.1, 0.15) is 17.4 Å². The molecule has 1 unspecified atom stereocenters. The highest BCUT2D eigenvalue weighted by atomic mass is 32.1. The van der Waals surface area contributed by atoms with Gasteiger partial charge in [-0.05, 0) is 11.5 Å². The summed E-state index contributed by atoms with van der Waals surface area (Å²) >= 11 is 1.15. The molecule has 1 aromatic heterocycles. The Hall–Kier alpha value is -1.12. The average molecular weight is 184 g/mol. The zero-order valence-corrected chi connectivity index (χ0v) is 7.34. The maximum atomic E-state index is 9.32. The van der Waals surface area contributed by atoms with Gasteiger partial charge in [-0.15, -0.1) is 0 Å². The van der Waals surface area contributed by atoms with Crippen LogP contribution in [0, 0.1) is 11.3 Å². The van der Waals surface area contributed by atoms with Crippen molar-refractivity contribution in [3.05, 3.63) is 10.9 Å². The minimum absolute atomic E-state index is 0.0886. The van der Waals surface area contributed by atoms with Crippen LogP contribution in [0.25, 0.3) is 0 Å². The maximum Gasteiger partial charge on any atom is 0.225 e. The monoisotopic (exact) mass is 184 g/mol. The number of hydrogen-bond donors (Lipinski definition) is 1. The molecule has 0 saturated carbocycles. The molecule has 5 heteroatoms. The molecule has 0 spiro atoms. The lowest BCUT2D eigenvalue weighted by Gasteiger charge is -1.98. The van der Waals surface area contributed by atoms with Gasteiger partial charge in [-0.25, -0.2) is 0 Å². The van der Waals surface area contributed by atoms with Crippen LogP contribution in [-0.4, -0.2) is 16.6 Å². The molecule has 0 aliphatic rings. The molecule has 1 N–H and O–H groups in total. The van der Waals surface area contributed by atoms with Gasteiger partial charge in [0.1, 0.15) is 6.10 Å². The number of aliphatic hydroxyl groups excluding tert-OH is 1. The van der Waals surface area contributed by atoms with Crippen LogP contribution in [0.3, 0.4) is 0 Å². The second-order valence-corrected chi connectivity index (χ2v) is 2.99. The van der Waals surface area contributed by atoms with Gasteiger partial charge in [0.2, 0.25) is 5.88 Å². The van der Waals surface area contributed by atoms with Crippen molar-refractivity contribution < 1.29 is 9.84 Å². The second-order valence-electron chi connectivity index (χ2n) is 2.15. The van der Waals surface area contributed by atoms with Crippen LogP contribution in [-0.2, 0) is 0 Å². The molecule has 0 amide bonds. The Balaban J connectivity index is 2.69. The van der Waals surface area contributed by atoms with Crippen LogP contribution in [0.5, 0.6) is 5.88 Å². The molecule has 0 radical (unpaired) electrons. The van der Waals surface area contributed by atoms with E-state index in [1.165, 1.54) is 7.11 Å². The van der Waals surface area contributed by atoms with Gasteiger partial charge in [-0.3, -0.25) is 0 Å². The van der Waals surface area contributed by atoms with E-state index >= 15 is 0 Å². The quantitative estimate of drug-likeness (QED) is 0.763. The van der Waals surface area contributed by atoms with E-state index in [0.717, 1.165) is 11.5 Å². The minimum atomic E-state index is -0.739. The number of methoxy groups -OCH3 is 1. The van der Waals surface area contributed by atoms with Crippen molar-refractivity contribution in [3.8, 4) is 11.9 Å². The van der Waals surface area contributed by atoms with Crippen molar-refractivity contribution in [2.45, 2.75) is 12.5 Å². The molecule has 1 rings (SSSR count). The topological polar surface area (TPSA) is 66.1 Å². The number of rotatable bonds is 3. The zero-order chi connectivity index (χ0) is 8.97.